The van der Waals surface area contributed by atoms with Crippen molar-refractivity contribution in [2.75, 3.05) is 26.2 Å². The van der Waals surface area contributed by atoms with Crippen LogP contribution in [-0.4, -0.2) is 41.3 Å². The molecule has 6 heteroatoms. The molecule has 1 aromatic heterocycles. The number of nitrogens with two attached hydrogens (primary N) is 1. The maximum atomic E-state index is 6.10. The summed E-state index contributed by atoms with van der Waals surface area (Å²) in [6.07, 6.45) is 0.887. The smallest absolute Gasteiger partial charge is 0.243 e. The van der Waals surface area contributed by atoms with Crippen LogP contribution in [0.2, 0.25) is 0 Å². The van der Waals surface area contributed by atoms with E-state index in [2.05, 4.69) is 35.8 Å². The molecule has 0 aromatic carbocycles. The number of hydrogen-bond acceptors (Lipinski definition) is 6. The molecule has 0 saturated carbocycles. The highest BCUT2D eigenvalue weighted by Gasteiger charge is 2.27. The van der Waals surface area contributed by atoms with Gasteiger partial charge in [0.05, 0.1) is 12.6 Å². The van der Waals surface area contributed by atoms with Crippen LogP contribution < -0.4 is 5.73 Å². The summed E-state index contributed by atoms with van der Waals surface area (Å²) in [5, 5.41) is 4.03. The SMILES string of the molecule is CCC(C)C(N)c1nc(C2CN(CC)CCO2)no1. The lowest BCUT2D eigenvalue weighted by molar-refractivity contribution is -0.0334. The average Bonchev–Trinajstić information content (AvgIpc) is 2.95. The van der Waals surface area contributed by atoms with E-state index in [-0.39, 0.29) is 12.1 Å². The molecule has 3 atom stereocenters. The minimum atomic E-state index is -0.197. The molecular formula is C13H24N4O2. The average molecular weight is 268 g/mol. The van der Waals surface area contributed by atoms with E-state index < -0.39 is 0 Å². The van der Waals surface area contributed by atoms with Gasteiger partial charge in [-0.1, -0.05) is 32.3 Å². The maximum Gasteiger partial charge on any atom is 0.243 e. The van der Waals surface area contributed by atoms with Gasteiger partial charge in [0.1, 0.15) is 6.10 Å². The summed E-state index contributed by atoms with van der Waals surface area (Å²) in [5.41, 5.74) is 6.10. The zero-order valence-corrected chi connectivity index (χ0v) is 12.0. The van der Waals surface area contributed by atoms with E-state index in [1.54, 1.807) is 0 Å². The topological polar surface area (TPSA) is 77.4 Å². The van der Waals surface area contributed by atoms with E-state index in [1.165, 1.54) is 0 Å². The second-order valence-corrected chi connectivity index (χ2v) is 5.15. The molecule has 108 valence electrons. The van der Waals surface area contributed by atoms with E-state index in [4.69, 9.17) is 15.0 Å². The summed E-state index contributed by atoms with van der Waals surface area (Å²) in [5.74, 6) is 1.46. The highest BCUT2D eigenvalue weighted by Crippen LogP contribution is 2.24. The van der Waals surface area contributed by atoms with Crippen molar-refractivity contribution in [3.63, 3.8) is 0 Å². The molecule has 2 heterocycles. The standard InChI is InChI=1S/C13H24N4O2/c1-4-9(3)11(14)13-15-12(16-19-13)10-8-17(5-2)6-7-18-10/h9-11H,4-8,14H2,1-3H3. The summed E-state index contributed by atoms with van der Waals surface area (Å²) in [4.78, 5) is 6.74. The van der Waals surface area contributed by atoms with Crippen LogP contribution in [0.25, 0.3) is 0 Å². The quantitative estimate of drug-likeness (QED) is 0.872. The Morgan fingerprint density at radius 2 is 2.26 bits per heavy atom. The van der Waals surface area contributed by atoms with Gasteiger partial charge in [0.15, 0.2) is 0 Å². The monoisotopic (exact) mass is 268 g/mol. The third-order valence-electron chi connectivity index (χ3n) is 3.89. The van der Waals surface area contributed by atoms with E-state index in [0.717, 1.165) is 26.1 Å². The van der Waals surface area contributed by atoms with Crippen LogP contribution in [-0.2, 0) is 4.74 Å². The molecule has 1 fully saturated rings. The van der Waals surface area contributed by atoms with Crippen molar-refractivity contribution < 1.29 is 9.26 Å². The van der Waals surface area contributed by atoms with Crippen molar-refractivity contribution in [3.05, 3.63) is 11.7 Å². The molecule has 1 aliphatic heterocycles. The maximum absolute atomic E-state index is 6.10. The Hall–Kier alpha value is -0.980. The number of rotatable bonds is 5. The molecule has 3 unspecified atom stereocenters. The first-order valence-electron chi connectivity index (χ1n) is 7.08. The Morgan fingerprint density at radius 1 is 1.47 bits per heavy atom. The molecule has 1 saturated heterocycles. The van der Waals surface area contributed by atoms with Crippen LogP contribution in [0, 0.1) is 5.92 Å². The fraction of sp³-hybridized carbons (Fsp3) is 0.846. The summed E-state index contributed by atoms with van der Waals surface area (Å²) in [6, 6.07) is -0.197. The van der Waals surface area contributed by atoms with Gasteiger partial charge in [0.2, 0.25) is 11.7 Å². The predicted molar refractivity (Wildman–Crippen MR) is 71.5 cm³/mol. The molecule has 0 aliphatic carbocycles. The Balaban J connectivity index is 2.04. The van der Waals surface area contributed by atoms with E-state index in [0.29, 0.717) is 24.2 Å². The van der Waals surface area contributed by atoms with Crippen LogP contribution in [0.15, 0.2) is 4.52 Å². The molecule has 1 aromatic rings. The third-order valence-corrected chi connectivity index (χ3v) is 3.89. The number of likely N-dealkylation sites (N-methyl/N-ethyl adjacent to an activating group) is 1. The molecule has 0 spiro atoms. The van der Waals surface area contributed by atoms with Crippen molar-refractivity contribution in [3.8, 4) is 0 Å². The minimum Gasteiger partial charge on any atom is -0.367 e. The van der Waals surface area contributed by atoms with Gasteiger partial charge in [-0.15, -0.1) is 0 Å². The minimum absolute atomic E-state index is 0.102. The predicted octanol–water partition coefficient (Wildman–Crippen LogP) is 1.51. The summed E-state index contributed by atoms with van der Waals surface area (Å²) < 4.78 is 11.0. The van der Waals surface area contributed by atoms with Gasteiger partial charge in [0, 0.05) is 13.1 Å². The summed E-state index contributed by atoms with van der Waals surface area (Å²) in [7, 11) is 0. The Morgan fingerprint density at radius 3 is 2.95 bits per heavy atom. The highest BCUT2D eigenvalue weighted by atomic mass is 16.5. The first kappa shape index (κ1) is 14.4. The summed E-state index contributed by atoms with van der Waals surface area (Å²) >= 11 is 0. The number of ether oxygens (including phenoxy) is 1. The van der Waals surface area contributed by atoms with Crippen molar-refractivity contribution in [1.82, 2.24) is 15.0 Å². The van der Waals surface area contributed by atoms with E-state index in [9.17, 15) is 0 Å². The molecule has 0 amide bonds. The second-order valence-electron chi connectivity index (χ2n) is 5.15. The van der Waals surface area contributed by atoms with Crippen LogP contribution >= 0.6 is 0 Å². The van der Waals surface area contributed by atoms with Crippen LogP contribution in [0.1, 0.15) is 51.1 Å². The van der Waals surface area contributed by atoms with Gasteiger partial charge in [-0.2, -0.15) is 4.98 Å². The second kappa shape index (κ2) is 6.45. The van der Waals surface area contributed by atoms with Crippen molar-refractivity contribution in [2.45, 2.75) is 39.3 Å². The van der Waals surface area contributed by atoms with Gasteiger partial charge in [-0.25, -0.2) is 0 Å². The molecule has 2 rings (SSSR count). The molecule has 0 bridgehead atoms. The first-order valence-corrected chi connectivity index (χ1v) is 7.08. The fourth-order valence-corrected chi connectivity index (χ4v) is 2.16. The third kappa shape index (κ3) is 3.32. The number of nitrogens with zero attached hydrogens (tertiary/aromatic N) is 3. The fourth-order valence-electron chi connectivity index (χ4n) is 2.16. The molecule has 1 aliphatic rings. The summed E-state index contributed by atoms with van der Waals surface area (Å²) in [6.45, 7) is 9.83. The molecule has 6 nitrogen and oxygen atoms in total. The molecule has 0 radical (unpaired) electrons. The van der Waals surface area contributed by atoms with E-state index in [1.807, 2.05) is 0 Å². The Bertz CT molecular complexity index is 396. The first-order chi connectivity index (χ1) is 9.15. The highest BCUT2D eigenvalue weighted by molar-refractivity contribution is 4.98. The molecule has 2 N–H and O–H groups in total. The Labute approximate surface area is 114 Å². The number of hydrogen-bond donors (Lipinski definition) is 1. The lowest BCUT2D eigenvalue weighted by atomic mass is 10.0. The lowest BCUT2D eigenvalue weighted by Gasteiger charge is -2.30. The van der Waals surface area contributed by atoms with Crippen LogP contribution in [0.3, 0.4) is 0 Å². The van der Waals surface area contributed by atoms with Gasteiger partial charge >= 0.3 is 0 Å². The van der Waals surface area contributed by atoms with Crippen LogP contribution in [0.4, 0.5) is 0 Å². The van der Waals surface area contributed by atoms with Crippen LogP contribution in [0.5, 0.6) is 0 Å². The van der Waals surface area contributed by atoms with Crippen molar-refractivity contribution in [1.29, 1.82) is 0 Å². The van der Waals surface area contributed by atoms with Crippen molar-refractivity contribution in [2.24, 2.45) is 11.7 Å². The zero-order chi connectivity index (χ0) is 13.8. The lowest BCUT2D eigenvalue weighted by Crippen LogP contribution is -2.38. The number of morpholine rings is 1. The van der Waals surface area contributed by atoms with Gasteiger partial charge in [0.25, 0.3) is 0 Å². The zero-order valence-electron chi connectivity index (χ0n) is 12.0. The molecular weight excluding hydrogens is 244 g/mol. The normalized spacial score (nSPS) is 24.3. The largest absolute Gasteiger partial charge is 0.367 e. The van der Waals surface area contributed by atoms with Crippen molar-refractivity contribution >= 4 is 0 Å². The Kier molecular flexibility index (Phi) is 4.90. The molecule has 19 heavy (non-hydrogen) atoms. The van der Waals surface area contributed by atoms with Gasteiger partial charge in [-0.3, -0.25) is 4.90 Å². The van der Waals surface area contributed by atoms with Gasteiger partial charge in [-0.05, 0) is 12.5 Å². The number of aromatic nitrogens is 2. The van der Waals surface area contributed by atoms with E-state index >= 15 is 0 Å². The van der Waals surface area contributed by atoms with Gasteiger partial charge < -0.3 is 15.0 Å².